The van der Waals surface area contributed by atoms with Crippen molar-refractivity contribution in [3.8, 4) is 22.3 Å². The maximum atomic E-state index is 13.6. The first kappa shape index (κ1) is 11.0. The lowest BCUT2D eigenvalue weighted by molar-refractivity contribution is 0.630. The quantitative estimate of drug-likeness (QED) is 0.313. The van der Waals surface area contributed by atoms with Gasteiger partial charge in [0.2, 0.25) is 0 Å². The Balaban J connectivity index is 2.09. The molecule has 0 spiro atoms. The Morgan fingerprint density at radius 2 is 1.33 bits per heavy atom. The van der Waals surface area contributed by atoms with Crippen LogP contribution in [0.3, 0.4) is 0 Å². The summed E-state index contributed by atoms with van der Waals surface area (Å²) in [6.45, 7) is 0. The Labute approximate surface area is 121 Å². The molecule has 0 heterocycles. The molecule has 1 aliphatic carbocycles. The highest BCUT2D eigenvalue weighted by atomic mass is 19.1. The van der Waals surface area contributed by atoms with Gasteiger partial charge in [0, 0.05) is 0 Å². The Kier molecular flexibility index (Phi) is 1.95. The van der Waals surface area contributed by atoms with Gasteiger partial charge in [0.15, 0.2) is 0 Å². The second-order valence-corrected chi connectivity index (χ2v) is 5.56. The topological polar surface area (TPSA) is 0 Å². The van der Waals surface area contributed by atoms with Gasteiger partial charge in [-0.2, -0.15) is 0 Å². The Hall–Kier alpha value is -2.67. The van der Waals surface area contributed by atoms with Crippen LogP contribution in [0.15, 0.2) is 66.7 Å². The van der Waals surface area contributed by atoms with Crippen molar-refractivity contribution in [2.45, 2.75) is 0 Å². The van der Waals surface area contributed by atoms with E-state index in [1.54, 1.807) is 6.07 Å². The molecule has 21 heavy (non-hydrogen) atoms. The molecule has 98 valence electrons. The lowest BCUT2D eigenvalue weighted by atomic mass is 9.96. The van der Waals surface area contributed by atoms with Crippen LogP contribution < -0.4 is 0 Å². The number of benzene rings is 4. The van der Waals surface area contributed by atoms with Crippen LogP contribution in [0, 0.1) is 5.82 Å². The number of rotatable bonds is 0. The molecule has 0 aromatic heterocycles. The molecule has 0 atom stereocenters. The summed E-state index contributed by atoms with van der Waals surface area (Å²) in [4.78, 5) is 0. The summed E-state index contributed by atoms with van der Waals surface area (Å²) in [5.74, 6) is -0.182. The third-order valence-electron chi connectivity index (χ3n) is 4.45. The van der Waals surface area contributed by atoms with Crippen molar-refractivity contribution < 1.29 is 4.39 Å². The van der Waals surface area contributed by atoms with E-state index in [2.05, 4.69) is 48.5 Å². The van der Waals surface area contributed by atoms with Crippen LogP contribution in [0.25, 0.3) is 43.8 Å². The average Bonchev–Trinajstić information content (AvgIpc) is 2.84. The molecule has 0 N–H and O–H groups in total. The van der Waals surface area contributed by atoms with E-state index in [1.165, 1.54) is 33.7 Å². The van der Waals surface area contributed by atoms with Crippen molar-refractivity contribution in [3.05, 3.63) is 72.5 Å². The van der Waals surface area contributed by atoms with Crippen molar-refractivity contribution in [3.63, 3.8) is 0 Å². The third-order valence-corrected chi connectivity index (χ3v) is 4.45. The molecule has 0 nitrogen and oxygen atoms in total. The highest BCUT2D eigenvalue weighted by Gasteiger charge is 2.21. The molecule has 0 saturated carbocycles. The molecule has 5 rings (SSSR count). The standard InChI is InChI=1S/C20H11F/c21-13-9-8-12-10-19-15-5-2-1-4-14(15)16-6-3-7-17(20(16)19)18(12)11-13/h1-11H. The molecule has 0 aliphatic heterocycles. The summed E-state index contributed by atoms with van der Waals surface area (Å²) < 4.78 is 13.6. The molecule has 0 fully saturated rings. The fourth-order valence-electron chi connectivity index (χ4n) is 3.57. The predicted octanol–water partition coefficient (Wildman–Crippen LogP) is 5.78. The van der Waals surface area contributed by atoms with Crippen molar-refractivity contribution in [2.24, 2.45) is 0 Å². The monoisotopic (exact) mass is 270 g/mol. The first-order valence-electron chi connectivity index (χ1n) is 7.08. The largest absolute Gasteiger partial charge is 0.207 e. The SMILES string of the molecule is Fc1ccc2cc3c4c(cccc4c2c1)-c1ccccc1-3. The van der Waals surface area contributed by atoms with E-state index in [0.29, 0.717) is 0 Å². The van der Waals surface area contributed by atoms with Gasteiger partial charge < -0.3 is 0 Å². The molecule has 4 aromatic carbocycles. The van der Waals surface area contributed by atoms with Crippen LogP contribution in [0.5, 0.6) is 0 Å². The molecule has 0 amide bonds. The third kappa shape index (κ3) is 1.33. The summed E-state index contributed by atoms with van der Waals surface area (Å²) in [6.07, 6.45) is 0. The average molecular weight is 270 g/mol. The Morgan fingerprint density at radius 3 is 2.19 bits per heavy atom. The van der Waals surface area contributed by atoms with Gasteiger partial charge in [-0.25, -0.2) is 4.39 Å². The number of hydrogen-bond donors (Lipinski definition) is 0. The molecule has 1 aliphatic rings. The summed E-state index contributed by atoms with van der Waals surface area (Å²) in [6, 6.07) is 22.0. The van der Waals surface area contributed by atoms with Crippen molar-refractivity contribution >= 4 is 21.5 Å². The van der Waals surface area contributed by atoms with Gasteiger partial charge in [0.25, 0.3) is 0 Å². The van der Waals surface area contributed by atoms with E-state index in [-0.39, 0.29) is 5.82 Å². The van der Waals surface area contributed by atoms with Gasteiger partial charge in [-0.3, -0.25) is 0 Å². The Morgan fingerprint density at radius 1 is 0.571 bits per heavy atom. The van der Waals surface area contributed by atoms with E-state index < -0.39 is 0 Å². The molecular weight excluding hydrogens is 259 g/mol. The predicted molar refractivity (Wildman–Crippen MR) is 85.8 cm³/mol. The minimum Gasteiger partial charge on any atom is -0.207 e. The molecule has 1 heteroatoms. The second kappa shape index (κ2) is 3.70. The van der Waals surface area contributed by atoms with Crippen LogP contribution in [0.4, 0.5) is 4.39 Å². The van der Waals surface area contributed by atoms with Gasteiger partial charge >= 0.3 is 0 Å². The summed E-state index contributed by atoms with van der Waals surface area (Å²) in [7, 11) is 0. The van der Waals surface area contributed by atoms with Gasteiger partial charge in [-0.1, -0.05) is 48.5 Å². The minimum absolute atomic E-state index is 0.182. The number of hydrogen-bond acceptors (Lipinski definition) is 0. The maximum Gasteiger partial charge on any atom is 0.123 e. The first-order chi connectivity index (χ1) is 10.3. The van der Waals surface area contributed by atoms with Gasteiger partial charge in [-0.15, -0.1) is 0 Å². The van der Waals surface area contributed by atoms with Crippen molar-refractivity contribution in [1.82, 2.24) is 0 Å². The molecular formula is C20H11F. The molecule has 0 bridgehead atoms. The van der Waals surface area contributed by atoms with Crippen LogP contribution in [-0.2, 0) is 0 Å². The van der Waals surface area contributed by atoms with Crippen LogP contribution in [0.1, 0.15) is 0 Å². The van der Waals surface area contributed by atoms with E-state index in [1.807, 2.05) is 6.07 Å². The fraction of sp³-hybridized carbons (Fsp3) is 0. The van der Waals surface area contributed by atoms with E-state index in [0.717, 1.165) is 16.2 Å². The highest BCUT2D eigenvalue weighted by Crippen LogP contribution is 2.48. The van der Waals surface area contributed by atoms with Crippen LogP contribution in [-0.4, -0.2) is 0 Å². The van der Waals surface area contributed by atoms with E-state index >= 15 is 0 Å². The summed E-state index contributed by atoms with van der Waals surface area (Å²) >= 11 is 0. The van der Waals surface area contributed by atoms with E-state index in [9.17, 15) is 4.39 Å². The Bertz CT molecular complexity index is 1040. The maximum absolute atomic E-state index is 13.6. The molecule has 0 unspecified atom stereocenters. The number of halogens is 1. The van der Waals surface area contributed by atoms with Crippen molar-refractivity contribution in [1.29, 1.82) is 0 Å². The van der Waals surface area contributed by atoms with Gasteiger partial charge in [-0.05, 0) is 62.0 Å². The lowest BCUT2D eigenvalue weighted by Crippen LogP contribution is -1.82. The van der Waals surface area contributed by atoms with Crippen molar-refractivity contribution in [2.75, 3.05) is 0 Å². The zero-order valence-corrected chi connectivity index (χ0v) is 11.2. The zero-order valence-electron chi connectivity index (χ0n) is 11.2. The fourth-order valence-corrected chi connectivity index (χ4v) is 3.57. The van der Waals surface area contributed by atoms with Crippen LogP contribution >= 0.6 is 0 Å². The first-order valence-corrected chi connectivity index (χ1v) is 7.08. The molecule has 0 radical (unpaired) electrons. The normalized spacial score (nSPS) is 12.0. The highest BCUT2D eigenvalue weighted by molar-refractivity contribution is 6.23. The molecule has 4 aromatic rings. The zero-order chi connectivity index (χ0) is 14.0. The van der Waals surface area contributed by atoms with Gasteiger partial charge in [0.05, 0.1) is 0 Å². The minimum atomic E-state index is -0.182. The van der Waals surface area contributed by atoms with Gasteiger partial charge in [0.1, 0.15) is 5.82 Å². The smallest absolute Gasteiger partial charge is 0.123 e. The van der Waals surface area contributed by atoms with Crippen LogP contribution in [0.2, 0.25) is 0 Å². The second-order valence-electron chi connectivity index (χ2n) is 5.56. The lowest BCUT2D eigenvalue weighted by Gasteiger charge is -2.07. The summed E-state index contributed by atoms with van der Waals surface area (Å²) in [5, 5.41) is 4.46. The van der Waals surface area contributed by atoms with E-state index in [4.69, 9.17) is 0 Å². The molecule has 0 saturated heterocycles. The number of fused-ring (bicyclic) bond motifs is 5. The summed E-state index contributed by atoms with van der Waals surface area (Å²) in [5.41, 5.74) is 5.06.